The molecule has 1 amide bonds. The molecule has 0 saturated heterocycles. The normalized spacial score (nSPS) is 23.6. The summed E-state index contributed by atoms with van der Waals surface area (Å²) in [5.41, 5.74) is 0. The zero-order chi connectivity index (χ0) is 13.4. The minimum absolute atomic E-state index is 0.109. The van der Waals surface area contributed by atoms with Crippen LogP contribution >= 0.6 is 11.8 Å². The van der Waals surface area contributed by atoms with E-state index < -0.39 is 5.97 Å². The molecular weight excluding hydrogens is 250 g/mol. The van der Waals surface area contributed by atoms with E-state index in [0.717, 1.165) is 18.8 Å². The second kappa shape index (κ2) is 8.40. The zero-order valence-electron chi connectivity index (χ0n) is 11.0. The molecule has 1 aliphatic carbocycles. The average Bonchev–Trinajstić information content (AvgIpc) is 2.38. The SMILES string of the molecule is CCC1CCC(C(=O)NCCSCC(=O)O)CC1. The third-order valence-corrected chi connectivity index (χ3v) is 4.51. The predicted octanol–water partition coefficient (Wildman–Crippen LogP) is 2.14. The van der Waals surface area contributed by atoms with E-state index >= 15 is 0 Å². The van der Waals surface area contributed by atoms with Crippen molar-refractivity contribution >= 4 is 23.6 Å². The van der Waals surface area contributed by atoms with Gasteiger partial charge in [-0.05, 0) is 31.6 Å². The highest BCUT2D eigenvalue weighted by atomic mass is 32.2. The lowest BCUT2D eigenvalue weighted by Crippen LogP contribution is -2.34. The van der Waals surface area contributed by atoms with Crippen LogP contribution in [0.4, 0.5) is 0 Å². The summed E-state index contributed by atoms with van der Waals surface area (Å²) in [7, 11) is 0. The Bertz CT molecular complexity index is 275. The minimum atomic E-state index is -0.802. The highest BCUT2D eigenvalue weighted by Gasteiger charge is 2.24. The van der Waals surface area contributed by atoms with Gasteiger partial charge in [0.2, 0.25) is 5.91 Å². The molecule has 1 aliphatic rings. The van der Waals surface area contributed by atoms with Gasteiger partial charge in [0.15, 0.2) is 0 Å². The first-order valence-electron chi connectivity index (χ1n) is 6.70. The molecule has 0 heterocycles. The molecular formula is C13H23NO3S. The Morgan fingerprint density at radius 2 is 1.94 bits per heavy atom. The maximum absolute atomic E-state index is 11.9. The number of carboxylic acids is 1. The summed E-state index contributed by atoms with van der Waals surface area (Å²) in [5.74, 6) is 1.11. The van der Waals surface area contributed by atoms with Gasteiger partial charge in [-0.25, -0.2) is 0 Å². The van der Waals surface area contributed by atoms with Crippen LogP contribution in [0.25, 0.3) is 0 Å². The Kier molecular flexibility index (Phi) is 7.16. The van der Waals surface area contributed by atoms with Crippen LogP contribution in [-0.4, -0.2) is 35.0 Å². The van der Waals surface area contributed by atoms with Gasteiger partial charge in [0.25, 0.3) is 0 Å². The van der Waals surface area contributed by atoms with Gasteiger partial charge in [-0.1, -0.05) is 13.3 Å². The molecule has 18 heavy (non-hydrogen) atoms. The summed E-state index contributed by atoms with van der Waals surface area (Å²) in [6, 6.07) is 0. The molecule has 0 aromatic heterocycles. The van der Waals surface area contributed by atoms with E-state index in [1.807, 2.05) is 0 Å². The maximum Gasteiger partial charge on any atom is 0.313 e. The van der Waals surface area contributed by atoms with Crippen molar-refractivity contribution in [2.24, 2.45) is 11.8 Å². The van der Waals surface area contributed by atoms with Crippen LogP contribution in [-0.2, 0) is 9.59 Å². The average molecular weight is 273 g/mol. The number of thioether (sulfide) groups is 1. The smallest absolute Gasteiger partial charge is 0.313 e. The summed E-state index contributed by atoms with van der Waals surface area (Å²) >= 11 is 1.34. The molecule has 0 spiro atoms. The molecule has 0 radical (unpaired) electrons. The largest absolute Gasteiger partial charge is 0.481 e. The van der Waals surface area contributed by atoms with Crippen LogP contribution in [0.1, 0.15) is 39.0 Å². The van der Waals surface area contributed by atoms with Gasteiger partial charge in [0, 0.05) is 18.2 Å². The van der Waals surface area contributed by atoms with E-state index in [9.17, 15) is 9.59 Å². The fraction of sp³-hybridized carbons (Fsp3) is 0.846. The standard InChI is InChI=1S/C13H23NO3S/c1-2-10-3-5-11(6-4-10)13(17)14-7-8-18-9-12(15)16/h10-11H,2-9H2,1H3,(H,14,17)(H,15,16). The molecule has 1 rings (SSSR count). The third-order valence-electron chi connectivity index (χ3n) is 3.57. The molecule has 4 nitrogen and oxygen atoms in total. The first kappa shape index (κ1) is 15.3. The molecule has 104 valence electrons. The van der Waals surface area contributed by atoms with Gasteiger partial charge in [0.1, 0.15) is 0 Å². The number of hydrogen-bond donors (Lipinski definition) is 2. The Labute approximate surface area is 113 Å². The van der Waals surface area contributed by atoms with Crippen LogP contribution in [0.3, 0.4) is 0 Å². The maximum atomic E-state index is 11.9. The lowest BCUT2D eigenvalue weighted by atomic mass is 9.80. The molecule has 1 fully saturated rings. The monoisotopic (exact) mass is 273 g/mol. The lowest BCUT2D eigenvalue weighted by molar-refractivity contribution is -0.134. The number of nitrogens with one attached hydrogen (secondary N) is 1. The van der Waals surface area contributed by atoms with Crippen LogP contribution in [0.2, 0.25) is 0 Å². The van der Waals surface area contributed by atoms with E-state index in [1.54, 1.807) is 0 Å². The van der Waals surface area contributed by atoms with E-state index in [1.165, 1.54) is 31.0 Å². The van der Waals surface area contributed by atoms with E-state index in [-0.39, 0.29) is 17.6 Å². The molecule has 0 aromatic carbocycles. The molecule has 0 aromatic rings. The Morgan fingerprint density at radius 3 is 2.50 bits per heavy atom. The third kappa shape index (κ3) is 5.76. The van der Waals surface area contributed by atoms with Gasteiger partial charge in [-0.3, -0.25) is 9.59 Å². The number of carbonyl (C=O) groups excluding carboxylic acids is 1. The quantitative estimate of drug-likeness (QED) is 0.697. The van der Waals surface area contributed by atoms with Crippen molar-refractivity contribution in [1.29, 1.82) is 0 Å². The van der Waals surface area contributed by atoms with Crippen LogP contribution in [0.5, 0.6) is 0 Å². The molecule has 0 atom stereocenters. The molecule has 2 N–H and O–H groups in total. The van der Waals surface area contributed by atoms with Gasteiger partial charge in [-0.2, -0.15) is 0 Å². The number of hydrogen-bond acceptors (Lipinski definition) is 3. The number of carbonyl (C=O) groups is 2. The summed E-state index contributed by atoms with van der Waals surface area (Å²) in [5, 5.41) is 11.4. The first-order valence-corrected chi connectivity index (χ1v) is 7.86. The minimum Gasteiger partial charge on any atom is -0.481 e. The van der Waals surface area contributed by atoms with Gasteiger partial charge in [-0.15, -0.1) is 11.8 Å². The van der Waals surface area contributed by atoms with Crippen molar-refractivity contribution in [3.05, 3.63) is 0 Å². The van der Waals surface area contributed by atoms with Crippen molar-refractivity contribution in [1.82, 2.24) is 5.32 Å². The van der Waals surface area contributed by atoms with Gasteiger partial charge in [0.05, 0.1) is 5.75 Å². The number of aliphatic carboxylic acids is 1. The Hall–Kier alpha value is -0.710. The van der Waals surface area contributed by atoms with Gasteiger partial charge >= 0.3 is 5.97 Å². The molecule has 5 heteroatoms. The van der Waals surface area contributed by atoms with Crippen molar-refractivity contribution in [3.63, 3.8) is 0 Å². The zero-order valence-corrected chi connectivity index (χ0v) is 11.8. The highest BCUT2D eigenvalue weighted by molar-refractivity contribution is 7.99. The second-order valence-electron chi connectivity index (χ2n) is 4.86. The van der Waals surface area contributed by atoms with Crippen molar-refractivity contribution in [3.8, 4) is 0 Å². The van der Waals surface area contributed by atoms with E-state index in [2.05, 4.69) is 12.2 Å². The van der Waals surface area contributed by atoms with Crippen LogP contribution < -0.4 is 5.32 Å². The van der Waals surface area contributed by atoms with E-state index in [4.69, 9.17) is 5.11 Å². The van der Waals surface area contributed by atoms with Crippen molar-refractivity contribution in [2.45, 2.75) is 39.0 Å². The first-order chi connectivity index (χ1) is 8.63. The Morgan fingerprint density at radius 1 is 1.28 bits per heavy atom. The summed E-state index contributed by atoms with van der Waals surface area (Å²) in [6.45, 7) is 2.79. The number of carboxylic acid groups (broad SMARTS) is 1. The molecule has 0 unspecified atom stereocenters. The summed E-state index contributed by atoms with van der Waals surface area (Å²) < 4.78 is 0. The van der Waals surface area contributed by atoms with Gasteiger partial charge < -0.3 is 10.4 Å². The molecule has 1 saturated carbocycles. The molecule has 0 bridgehead atoms. The molecule has 0 aliphatic heterocycles. The van der Waals surface area contributed by atoms with Crippen LogP contribution in [0, 0.1) is 11.8 Å². The summed E-state index contributed by atoms with van der Waals surface area (Å²) in [6.07, 6.45) is 5.57. The lowest BCUT2D eigenvalue weighted by Gasteiger charge is -2.26. The van der Waals surface area contributed by atoms with E-state index in [0.29, 0.717) is 12.3 Å². The predicted molar refractivity (Wildman–Crippen MR) is 73.7 cm³/mol. The Balaban J connectivity index is 2.08. The van der Waals surface area contributed by atoms with Crippen molar-refractivity contribution < 1.29 is 14.7 Å². The summed E-state index contributed by atoms with van der Waals surface area (Å²) in [4.78, 5) is 22.1. The van der Waals surface area contributed by atoms with Crippen LogP contribution in [0.15, 0.2) is 0 Å². The fourth-order valence-electron chi connectivity index (χ4n) is 2.38. The second-order valence-corrected chi connectivity index (χ2v) is 5.97. The topological polar surface area (TPSA) is 66.4 Å². The van der Waals surface area contributed by atoms with Crippen molar-refractivity contribution in [2.75, 3.05) is 18.1 Å². The number of amides is 1. The fourth-order valence-corrected chi connectivity index (χ4v) is 2.95. The number of rotatable bonds is 7. The highest BCUT2D eigenvalue weighted by Crippen LogP contribution is 2.30.